The van der Waals surface area contributed by atoms with Gasteiger partial charge in [0.05, 0.1) is 5.56 Å². The molecule has 0 bridgehead atoms. The number of imide groups is 1. The van der Waals surface area contributed by atoms with E-state index >= 15 is 0 Å². The largest absolute Gasteiger partial charge is 0.419 e. The van der Waals surface area contributed by atoms with Crippen molar-refractivity contribution in [2.75, 3.05) is 11.2 Å². The van der Waals surface area contributed by atoms with Crippen molar-refractivity contribution in [3.8, 4) is 0 Å². The molecule has 3 amide bonds. The van der Waals surface area contributed by atoms with E-state index in [0.29, 0.717) is 12.1 Å². The van der Waals surface area contributed by atoms with Gasteiger partial charge in [0, 0.05) is 5.69 Å². The Kier molecular flexibility index (Phi) is 4.71. The van der Waals surface area contributed by atoms with Gasteiger partial charge in [-0.3, -0.25) is 10.1 Å². The number of halogens is 5. The van der Waals surface area contributed by atoms with E-state index in [1.54, 1.807) is 5.32 Å². The fourth-order valence-electron chi connectivity index (χ4n) is 1.14. The first-order chi connectivity index (χ1) is 8.74. The summed E-state index contributed by atoms with van der Waals surface area (Å²) in [6.07, 6.45) is -4.88. The summed E-state index contributed by atoms with van der Waals surface area (Å²) >= 11 is 5.11. The summed E-state index contributed by atoms with van der Waals surface area (Å²) in [6, 6.07) is 0.836. The van der Waals surface area contributed by atoms with Gasteiger partial charge in [-0.2, -0.15) is 13.2 Å². The minimum Gasteiger partial charge on any atom is -0.308 e. The van der Waals surface area contributed by atoms with E-state index in [9.17, 15) is 27.2 Å². The van der Waals surface area contributed by atoms with Crippen LogP contribution in [0.5, 0.6) is 0 Å². The molecule has 0 aliphatic rings. The molecule has 1 aromatic rings. The van der Waals surface area contributed by atoms with Crippen LogP contribution < -0.4 is 10.6 Å². The van der Waals surface area contributed by atoms with Gasteiger partial charge in [-0.25, -0.2) is 9.18 Å². The first-order valence-corrected chi connectivity index (χ1v) is 5.31. The average molecular weight is 299 g/mol. The molecule has 0 fully saturated rings. The lowest BCUT2D eigenvalue weighted by molar-refractivity contribution is -0.140. The van der Waals surface area contributed by atoms with Gasteiger partial charge in [-0.15, -0.1) is 11.6 Å². The monoisotopic (exact) mass is 298 g/mol. The Morgan fingerprint density at radius 2 is 1.89 bits per heavy atom. The topological polar surface area (TPSA) is 58.2 Å². The number of hydrogen-bond donors (Lipinski definition) is 2. The summed E-state index contributed by atoms with van der Waals surface area (Å²) in [6.45, 7) is 0. The Bertz CT molecular complexity index is 505. The maximum Gasteiger partial charge on any atom is 0.419 e. The Hall–Kier alpha value is -1.83. The van der Waals surface area contributed by atoms with Crippen LogP contribution in [-0.2, 0) is 11.0 Å². The quantitative estimate of drug-likeness (QED) is 0.651. The minimum absolute atomic E-state index is 0.311. The standard InChI is InChI=1S/C10H7ClF4N2O2/c11-4-8(18)17-9(19)16-5-1-2-7(12)6(3-5)10(13,14)15/h1-3H,4H2,(H2,16,17,18,19). The maximum atomic E-state index is 12.9. The molecule has 1 aromatic carbocycles. The van der Waals surface area contributed by atoms with Crippen molar-refractivity contribution in [2.45, 2.75) is 6.18 Å². The predicted octanol–water partition coefficient (Wildman–Crippen LogP) is 2.73. The number of carbonyl (C=O) groups is 2. The Morgan fingerprint density at radius 3 is 2.42 bits per heavy atom. The maximum absolute atomic E-state index is 12.9. The zero-order valence-corrected chi connectivity index (χ0v) is 9.90. The number of hydrogen-bond acceptors (Lipinski definition) is 2. The second-order valence-corrected chi connectivity index (χ2v) is 3.60. The van der Waals surface area contributed by atoms with Gasteiger partial charge in [0.25, 0.3) is 0 Å². The van der Waals surface area contributed by atoms with E-state index < -0.39 is 35.4 Å². The van der Waals surface area contributed by atoms with Crippen LogP contribution in [0.1, 0.15) is 5.56 Å². The zero-order chi connectivity index (χ0) is 14.6. The second kappa shape index (κ2) is 5.87. The third-order valence-electron chi connectivity index (χ3n) is 1.90. The second-order valence-electron chi connectivity index (χ2n) is 3.33. The van der Waals surface area contributed by atoms with Crippen LogP contribution in [0.15, 0.2) is 18.2 Å². The predicted molar refractivity (Wildman–Crippen MR) is 59.3 cm³/mol. The molecule has 19 heavy (non-hydrogen) atoms. The van der Waals surface area contributed by atoms with Gasteiger partial charge < -0.3 is 5.32 Å². The van der Waals surface area contributed by atoms with Crippen molar-refractivity contribution in [1.29, 1.82) is 0 Å². The summed E-state index contributed by atoms with van der Waals surface area (Å²) in [5.74, 6) is -2.77. The normalized spacial score (nSPS) is 11.0. The Morgan fingerprint density at radius 1 is 1.26 bits per heavy atom. The molecule has 0 spiro atoms. The lowest BCUT2D eigenvalue weighted by Crippen LogP contribution is -2.35. The van der Waals surface area contributed by atoms with Crippen molar-refractivity contribution in [2.24, 2.45) is 0 Å². The molecule has 0 atom stereocenters. The van der Waals surface area contributed by atoms with E-state index in [-0.39, 0.29) is 5.69 Å². The van der Waals surface area contributed by atoms with Crippen LogP contribution in [0.3, 0.4) is 0 Å². The third kappa shape index (κ3) is 4.40. The first-order valence-electron chi connectivity index (χ1n) is 4.77. The highest BCUT2D eigenvalue weighted by molar-refractivity contribution is 6.28. The van der Waals surface area contributed by atoms with Crippen molar-refractivity contribution in [3.05, 3.63) is 29.6 Å². The minimum atomic E-state index is -4.88. The number of nitrogens with one attached hydrogen (secondary N) is 2. The summed E-state index contributed by atoms with van der Waals surface area (Å²) in [5, 5.41) is 3.71. The Balaban J connectivity index is 2.86. The molecule has 2 N–H and O–H groups in total. The van der Waals surface area contributed by atoms with Gasteiger partial charge in [0.1, 0.15) is 11.7 Å². The van der Waals surface area contributed by atoms with Gasteiger partial charge in [0.2, 0.25) is 5.91 Å². The van der Waals surface area contributed by atoms with E-state index in [2.05, 4.69) is 0 Å². The van der Waals surface area contributed by atoms with E-state index in [0.717, 1.165) is 6.07 Å². The Labute approximate surface area is 109 Å². The number of rotatable bonds is 2. The number of carbonyl (C=O) groups excluding carboxylic acids is 2. The molecule has 0 unspecified atom stereocenters. The van der Waals surface area contributed by atoms with E-state index in [4.69, 9.17) is 11.6 Å². The molecule has 0 heterocycles. The van der Waals surface area contributed by atoms with E-state index in [1.165, 1.54) is 0 Å². The lowest BCUT2D eigenvalue weighted by atomic mass is 10.2. The average Bonchev–Trinajstić information content (AvgIpc) is 2.29. The lowest BCUT2D eigenvalue weighted by Gasteiger charge is -2.11. The molecule has 4 nitrogen and oxygen atoms in total. The van der Waals surface area contributed by atoms with Gasteiger partial charge in [-0.1, -0.05) is 0 Å². The van der Waals surface area contributed by atoms with Crippen LogP contribution in [0, 0.1) is 5.82 Å². The van der Waals surface area contributed by atoms with Crippen molar-refractivity contribution in [1.82, 2.24) is 5.32 Å². The molecule has 1 rings (SSSR count). The van der Waals surface area contributed by atoms with E-state index in [1.807, 2.05) is 5.32 Å². The molecule has 0 aliphatic carbocycles. The highest BCUT2D eigenvalue weighted by atomic mass is 35.5. The number of alkyl halides is 4. The van der Waals surface area contributed by atoms with Crippen molar-refractivity contribution < 1.29 is 27.2 Å². The fourth-order valence-corrected chi connectivity index (χ4v) is 1.21. The molecule has 9 heteroatoms. The van der Waals surface area contributed by atoms with Crippen LogP contribution in [0.25, 0.3) is 0 Å². The number of benzene rings is 1. The highest BCUT2D eigenvalue weighted by Crippen LogP contribution is 2.32. The molecular formula is C10H7ClF4N2O2. The third-order valence-corrected chi connectivity index (χ3v) is 2.15. The van der Waals surface area contributed by atoms with Crippen molar-refractivity contribution >= 4 is 29.2 Å². The summed E-state index contributed by atoms with van der Waals surface area (Å²) in [5.41, 5.74) is -1.83. The van der Waals surface area contributed by atoms with Gasteiger partial charge >= 0.3 is 12.2 Å². The highest BCUT2D eigenvalue weighted by Gasteiger charge is 2.34. The van der Waals surface area contributed by atoms with Gasteiger partial charge in [0.15, 0.2) is 0 Å². The fraction of sp³-hybridized carbons (Fsp3) is 0.200. The van der Waals surface area contributed by atoms with Crippen LogP contribution in [0.2, 0.25) is 0 Å². The van der Waals surface area contributed by atoms with Gasteiger partial charge in [-0.05, 0) is 18.2 Å². The SMILES string of the molecule is O=C(CCl)NC(=O)Nc1ccc(F)c(C(F)(F)F)c1. The summed E-state index contributed by atoms with van der Waals surface area (Å²) in [7, 11) is 0. The summed E-state index contributed by atoms with van der Waals surface area (Å²) < 4.78 is 50.1. The molecule has 0 saturated carbocycles. The zero-order valence-electron chi connectivity index (χ0n) is 9.15. The van der Waals surface area contributed by atoms with Crippen LogP contribution >= 0.6 is 11.6 Å². The first kappa shape index (κ1) is 15.2. The molecule has 0 saturated heterocycles. The number of urea groups is 1. The smallest absolute Gasteiger partial charge is 0.308 e. The van der Waals surface area contributed by atoms with Crippen LogP contribution in [0.4, 0.5) is 28.0 Å². The number of anilines is 1. The van der Waals surface area contributed by atoms with Crippen molar-refractivity contribution in [3.63, 3.8) is 0 Å². The molecular weight excluding hydrogens is 292 g/mol. The molecule has 0 aromatic heterocycles. The molecule has 0 radical (unpaired) electrons. The molecule has 0 aliphatic heterocycles. The molecule has 104 valence electrons. The number of amides is 3. The summed E-state index contributed by atoms with van der Waals surface area (Å²) in [4.78, 5) is 21.9. The van der Waals surface area contributed by atoms with Crippen LogP contribution in [-0.4, -0.2) is 17.8 Å².